The first-order valence-electron chi connectivity index (χ1n) is 2.94. The number of hydrogen-bond donors (Lipinski definition) is 1. The van der Waals surface area contributed by atoms with Crippen molar-refractivity contribution in [1.82, 2.24) is 0 Å². The van der Waals surface area contributed by atoms with Gasteiger partial charge in [0.25, 0.3) is 10.1 Å². The summed E-state index contributed by atoms with van der Waals surface area (Å²) in [5, 5.41) is -0.183. The minimum absolute atomic E-state index is 0.0261. The summed E-state index contributed by atoms with van der Waals surface area (Å²) in [6.07, 6.45) is 0. The van der Waals surface area contributed by atoms with Gasteiger partial charge in [-0.3, -0.25) is 4.55 Å². The van der Waals surface area contributed by atoms with Crippen LogP contribution in [0.2, 0.25) is 15.1 Å². The first kappa shape index (κ1) is 11.1. The minimum Gasteiger partial charge on any atom is -0.282 e. The molecule has 1 aromatic carbocycles. The Kier molecular flexibility index (Phi) is 3.09. The summed E-state index contributed by atoms with van der Waals surface area (Å²) in [6, 6.07) is 2.30. The number of benzene rings is 1. The predicted octanol–water partition coefficient (Wildman–Crippen LogP) is 2.89. The highest BCUT2D eigenvalue weighted by molar-refractivity contribution is 7.86. The van der Waals surface area contributed by atoms with Crippen LogP contribution in [0.5, 0.6) is 0 Å². The molecule has 0 aliphatic heterocycles. The fraction of sp³-hybridized carbons (Fsp3) is 0. The SMILES string of the molecule is O=S(=O)(O)c1cc(Cl)cc(Cl)c1Cl. The van der Waals surface area contributed by atoms with Crippen LogP contribution in [0.4, 0.5) is 0 Å². The normalized spacial score (nSPS) is 11.7. The summed E-state index contributed by atoms with van der Waals surface area (Å²) in [7, 11) is -4.38. The molecule has 1 rings (SSSR count). The van der Waals surface area contributed by atoms with Crippen LogP contribution in [0.15, 0.2) is 17.0 Å². The zero-order valence-corrected chi connectivity index (χ0v) is 9.04. The second-order valence-electron chi connectivity index (χ2n) is 2.17. The quantitative estimate of drug-likeness (QED) is 0.625. The van der Waals surface area contributed by atoms with Crippen molar-refractivity contribution in [2.24, 2.45) is 0 Å². The summed E-state index contributed by atoms with van der Waals surface area (Å²) in [5.74, 6) is 0. The van der Waals surface area contributed by atoms with Crippen molar-refractivity contribution in [3.63, 3.8) is 0 Å². The largest absolute Gasteiger partial charge is 0.296 e. The highest BCUT2D eigenvalue weighted by Gasteiger charge is 2.17. The molecular weight excluding hydrogens is 258 g/mol. The maximum Gasteiger partial charge on any atom is 0.296 e. The predicted molar refractivity (Wildman–Crippen MR) is 51.3 cm³/mol. The second-order valence-corrected chi connectivity index (χ2v) is 4.79. The third kappa shape index (κ3) is 2.48. The Labute approximate surface area is 90.0 Å². The van der Waals surface area contributed by atoms with Gasteiger partial charge in [-0.2, -0.15) is 8.42 Å². The van der Waals surface area contributed by atoms with E-state index >= 15 is 0 Å². The average molecular weight is 262 g/mol. The molecule has 0 saturated heterocycles. The Hall–Kier alpha value is -0.000000000000000167. The third-order valence-corrected chi connectivity index (χ3v) is 3.25. The van der Waals surface area contributed by atoms with Crippen molar-refractivity contribution < 1.29 is 13.0 Å². The van der Waals surface area contributed by atoms with Crippen LogP contribution in [0, 0.1) is 0 Å². The lowest BCUT2D eigenvalue weighted by molar-refractivity contribution is 0.483. The van der Waals surface area contributed by atoms with Gasteiger partial charge in [0.2, 0.25) is 0 Å². The molecule has 13 heavy (non-hydrogen) atoms. The van der Waals surface area contributed by atoms with E-state index in [1.807, 2.05) is 0 Å². The highest BCUT2D eigenvalue weighted by Crippen LogP contribution is 2.32. The van der Waals surface area contributed by atoms with Crippen molar-refractivity contribution in [3.8, 4) is 0 Å². The number of halogens is 3. The van der Waals surface area contributed by atoms with Gasteiger partial charge in [0.05, 0.1) is 10.0 Å². The van der Waals surface area contributed by atoms with E-state index in [1.54, 1.807) is 0 Å². The lowest BCUT2D eigenvalue weighted by Crippen LogP contribution is -1.99. The highest BCUT2D eigenvalue weighted by atomic mass is 35.5. The van der Waals surface area contributed by atoms with Crippen molar-refractivity contribution in [3.05, 3.63) is 27.2 Å². The molecule has 0 fully saturated rings. The molecule has 0 aliphatic carbocycles. The number of hydrogen-bond acceptors (Lipinski definition) is 2. The first-order valence-corrected chi connectivity index (χ1v) is 5.52. The van der Waals surface area contributed by atoms with Crippen molar-refractivity contribution in [2.75, 3.05) is 0 Å². The van der Waals surface area contributed by atoms with E-state index in [0.717, 1.165) is 6.07 Å². The molecule has 0 radical (unpaired) electrons. The standard InChI is InChI=1S/C6H3Cl3O3S/c7-3-1-4(8)6(9)5(2-3)13(10,11)12/h1-2H,(H,10,11,12). The Morgan fingerprint density at radius 2 is 1.69 bits per heavy atom. The Bertz CT molecular complexity index is 441. The van der Waals surface area contributed by atoms with Crippen molar-refractivity contribution in [1.29, 1.82) is 0 Å². The summed E-state index contributed by atoms with van der Waals surface area (Å²) in [6.45, 7) is 0. The van der Waals surface area contributed by atoms with E-state index in [-0.39, 0.29) is 15.1 Å². The second kappa shape index (κ2) is 3.63. The molecule has 0 aromatic heterocycles. The summed E-state index contributed by atoms with van der Waals surface area (Å²) in [4.78, 5) is -0.494. The monoisotopic (exact) mass is 260 g/mol. The summed E-state index contributed by atoms with van der Waals surface area (Å²) < 4.78 is 30.1. The lowest BCUT2D eigenvalue weighted by atomic mass is 10.4. The topological polar surface area (TPSA) is 54.4 Å². The van der Waals surface area contributed by atoms with E-state index in [2.05, 4.69) is 0 Å². The van der Waals surface area contributed by atoms with Gasteiger partial charge in [-0.05, 0) is 12.1 Å². The zero-order valence-electron chi connectivity index (χ0n) is 5.96. The maximum absolute atomic E-state index is 10.7. The van der Waals surface area contributed by atoms with Crippen LogP contribution in [-0.4, -0.2) is 13.0 Å². The average Bonchev–Trinajstić information content (AvgIpc) is 1.94. The van der Waals surface area contributed by atoms with E-state index in [0.29, 0.717) is 0 Å². The smallest absolute Gasteiger partial charge is 0.282 e. The Balaban J connectivity index is 3.56. The zero-order chi connectivity index (χ0) is 10.2. The van der Waals surface area contributed by atoms with Gasteiger partial charge < -0.3 is 0 Å². The Morgan fingerprint density at radius 1 is 1.15 bits per heavy atom. The van der Waals surface area contributed by atoms with Gasteiger partial charge in [0, 0.05) is 5.02 Å². The first-order chi connectivity index (χ1) is 5.82. The molecule has 3 nitrogen and oxygen atoms in total. The van der Waals surface area contributed by atoms with Crippen LogP contribution >= 0.6 is 34.8 Å². The van der Waals surface area contributed by atoms with E-state index < -0.39 is 15.0 Å². The van der Waals surface area contributed by atoms with Crippen LogP contribution in [0.3, 0.4) is 0 Å². The van der Waals surface area contributed by atoms with Crippen LogP contribution in [0.25, 0.3) is 0 Å². The van der Waals surface area contributed by atoms with Crippen LogP contribution in [0.1, 0.15) is 0 Å². The minimum atomic E-state index is -4.38. The fourth-order valence-corrected chi connectivity index (χ4v) is 2.35. The van der Waals surface area contributed by atoms with E-state index in [4.69, 9.17) is 39.4 Å². The molecule has 7 heteroatoms. The maximum atomic E-state index is 10.7. The van der Waals surface area contributed by atoms with Gasteiger partial charge in [-0.15, -0.1) is 0 Å². The summed E-state index contributed by atoms with van der Waals surface area (Å²) >= 11 is 16.6. The molecule has 72 valence electrons. The molecular formula is C6H3Cl3O3S. The molecule has 1 aromatic rings. The van der Waals surface area contributed by atoms with Crippen LogP contribution < -0.4 is 0 Å². The van der Waals surface area contributed by atoms with Gasteiger partial charge in [0.15, 0.2) is 0 Å². The fourth-order valence-electron chi connectivity index (χ4n) is 0.720. The van der Waals surface area contributed by atoms with Gasteiger partial charge in [0.1, 0.15) is 4.90 Å². The molecule has 0 bridgehead atoms. The summed E-state index contributed by atoms with van der Waals surface area (Å²) in [5.41, 5.74) is 0. The molecule has 0 atom stereocenters. The molecule has 0 aliphatic rings. The van der Waals surface area contributed by atoms with Gasteiger partial charge in [-0.1, -0.05) is 34.8 Å². The van der Waals surface area contributed by atoms with Crippen molar-refractivity contribution >= 4 is 44.9 Å². The number of rotatable bonds is 1. The molecule has 1 N–H and O–H groups in total. The third-order valence-electron chi connectivity index (χ3n) is 1.24. The van der Waals surface area contributed by atoms with Crippen LogP contribution in [-0.2, 0) is 10.1 Å². The van der Waals surface area contributed by atoms with E-state index in [1.165, 1.54) is 6.07 Å². The molecule has 0 heterocycles. The Morgan fingerprint density at radius 3 is 2.15 bits per heavy atom. The molecule has 0 spiro atoms. The van der Waals surface area contributed by atoms with Crippen molar-refractivity contribution in [2.45, 2.75) is 4.90 Å². The van der Waals surface area contributed by atoms with E-state index in [9.17, 15) is 8.42 Å². The van der Waals surface area contributed by atoms with Gasteiger partial charge >= 0.3 is 0 Å². The molecule has 0 amide bonds. The lowest BCUT2D eigenvalue weighted by Gasteiger charge is -2.02. The molecule has 0 unspecified atom stereocenters. The molecule has 0 saturated carbocycles. The van der Waals surface area contributed by atoms with Gasteiger partial charge in [-0.25, -0.2) is 0 Å².